The highest BCUT2D eigenvalue weighted by atomic mass is 19.4. The van der Waals surface area contributed by atoms with Crippen molar-refractivity contribution in [2.75, 3.05) is 25.6 Å². The summed E-state index contributed by atoms with van der Waals surface area (Å²) >= 11 is 0. The molecule has 8 heteroatoms. The number of alkyl halides is 3. The third-order valence-electron chi connectivity index (χ3n) is 3.30. The molecule has 1 aromatic heterocycles. The van der Waals surface area contributed by atoms with Gasteiger partial charge >= 0.3 is 6.18 Å². The Balaban J connectivity index is 2.04. The predicted octanol–water partition coefficient (Wildman–Crippen LogP) is 2.05. The molecule has 1 fully saturated rings. The van der Waals surface area contributed by atoms with Gasteiger partial charge in [0.2, 0.25) is 5.82 Å². The predicted molar refractivity (Wildman–Crippen MR) is 69.7 cm³/mol. The van der Waals surface area contributed by atoms with Crippen molar-refractivity contribution < 1.29 is 22.6 Å². The molecule has 0 spiro atoms. The van der Waals surface area contributed by atoms with Gasteiger partial charge < -0.3 is 19.8 Å². The van der Waals surface area contributed by atoms with Crippen molar-refractivity contribution in [1.29, 1.82) is 0 Å². The summed E-state index contributed by atoms with van der Waals surface area (Å²) in [7, 11) is 0. The minimum Gasteiger partial charge on any atom is -0.399 e. The second kappa shape index (κ2) is 5.19. The van der Waals surface area contributed by atoms with Crippen LogP contribution in [0, 0.1) is 0 Å². The van der Waals surface area contributed by atoms with Gasteiger partial charge in [0.15, 0.2) is 0 Å². The van der Waals surface area contributed by atoms with Gasteiger partial charge in [0, 0.05) is 5.69 Å². The standard InChI is InChI=1S/C13H14F3N3O2/c14-13(15,16)12-18-10-5-8(17)1-2-11(10)19(12)6-9-7-20-3-4-21-9/h1-2,5,9H,3-4,6-7,17H2. The lowest BCUT2D eigenvalue weighted by molar-refractivity contribution is -0.149. The summed E-state index contributed by atoms with van der Waals surface area (Å²) in [5, 5.41) is 0. The number of nitrogen functional groups attached to an aromatic ring is 1. The highest BCUT2D eigenvalue weighted by Crippen LogP contribution is 2.32. The molecule has 0 saturated carbocycles. The number of ether oxygens (including phenoxy) is 2. The fraction of sp³-hybridized carbons (Fsp3) is 0.462. The van der Waals surface area contributed by atoms with E-state index in [1.165, 1.54) is 12.1 Å². The minimum atomic E-state index is -4.54. The van der Waals surface area contributed by atoms with Crippen molar-refractivity contribution in [2.24, 2.45) is 0 Å². The number of imidazole rings is 1. The van der Waals surface area contributed by atoms with E-state index in [2.05, 4.69) is 4.98 Å². The first kappa shape index (κ1) is 14.2. The number of hydrogen-bond acceptors (Lipinski definition) is 4. The van der Waals surface area contributed by atoms with E-state index in [0.29, 0.717) is 24.4 Å². The van der Waals surface area contributed by atoms with Gasteiger partial charge in [-0.3, -0.25) is 0 Å². The largest absolute Gasteiger partial charge is 0.449 e. The molecule has 1 aliphatic rings. The van der Waals surface area contributed by atoms with Crippen LogP contribution in [-0.4, -0.2) is 35.5 Å². The maximum absolute atomic E-state index is 13.2. The van der Waals surface area contributed by atoms with Gasteiger partial charge in [-0.1, -0.05) is 0 Å². The molecule has 1 unspecified atom stereocenters. The molecular weight excluding hydrogens is 287 g/mol. The van der Waals surface area contributed by atoms with Crippen LogP contribution in [0.1, 0.15) is 5.82 Å². The number of nitrogens with zero attached hydrogens (tertiary/aromatic N) is 2. The summed E-state index contributed by atoms with van der Waals surface area (Å²) in [4.78, 5) is 3.67. The summed E-state index contributed by atoms with van der Waals surface area (Å²) in [5.41, 5.74) is 6.58. The summed E-state index contributed by atoms with van der Waals surface area (Å²) < 4.78 is 51.2. The van der Waals surface area contributed by atoms with Gasteiger partial charge in [-0.25, -0.2) is 4.98 Å². The average molecular weight is 301 g/mol. The molecule has 5 nitrogen and oxygen atoms in total. The van der Waals surface area contributed by atoms with Crippen molar-refractivity contribution in [3.63, 3.8) is 0 Å². The van der Waals surface area contributed by atoms with Gasteiger partial charge in [0.1, 0.15) is 0 Å². The summed E-state index contributed by atoms with van der Waals surface area (Å²) in [6.07, 6.45) is -4.96. The molecule has 1 saturated heterocycles. The molecule has 3 rings (SSSR count). The number of nitrogens with two attached hydrogens (primary N) is 1. The highest BCUT2D eigenvalue weighted by Gasteiger charge is 2.38. The zero-order chi connectivity index (χ0) is 15.0. The first-order chi connectivity index (χ1) is 9.95. The van der Waals surface area contributed by atoms with Gasteiger partial charge in [0.25, 0.3) is 0 Å². The lowest BCUT2D eigenvalue weighted by Crippen LogP contribution is -2.33. The normalized spacial score (nSPS) is 20.0. The summed E-state index contributed by atoms with van der Waals surface area (Å²) in [6, 6.07) is 4.52. The van der Waals surface area contributed by atoms with Crippen molar-refractivity contribution in [3.05, 3.63) is 24.0 Å². The number of rotatable bonds is 2. The van der Waals surface area contributed by atoms with E-state index in [9.17, 15) is 13.2 Å². The second-order valence-electron chi connectivity index (χ2n) is 4.86. The Morgan fingerprint density at radius 3 is 2.81 bits per heavy atom. The van der Waals surface area contributed by atoms with Crippen molar-refractivity contribution in [1.82, 2.24) is 9.55 Å². The van der Waals surface area contributed by atoms with Crippen LogP contribution >= 0.6 is 0 Å². The number of anilines is 1. The molecule has 1 atom stereocenters. The average Bonchev–Trinajstić information content (AvgIpc) is 2.78. The van der Waals surface area contributed by atoms with E-state index in [4.69, 9.17) is 15.2 Å². The van der Waals surface area contributed by atoms with Crippen molar-refractivity contribution in [2.45, 2.75) is 18.8 Å². The van der Waals surface area contributed by atoms with E-state index in [1.54, 1.807) is 6.07 Å². The fourth-order valence-corrected chi connectivity index (χ4v) is 2.39. The van der Waals surface area contributed by atoms with Crippen molar-refractivity contribution in [3.8, 4) is 0 Å². The SMILES string of the molecule is Nc1ccc2c(c1)nc(C(F)(F)F)n2CC1COCCO1. The van der Waals surface area contributed by atoms with Gasteiger partial charge in [-0.15, -0.1) is 0 Å². The molecule has 21 heavy (non-hydrogen) atoms. The van der Waals surface area contributed by atoms with Crippen molar-refractivity contribution >= 4 is 16.7 Å². The molecule has 2 N–H and O–H groups in total. The first-order valence-corrected chi connectivity index (χ1v) is 6.47. The molecule has 0 aliphatic carbocycles. The quantitative estimate of drug-likeness (QED) is 0.862. The van der Waals surface area contributed by atoms with Crippen LogP contribution in [-0.2, 0) is 22.2 Å². The Hall–Kier alpha value is -1.80. The lowest BCUT2D eigenvalue weighted by atomic mass is 10.2. The Kier molecular flexibility index (Phi) is 3.50. The highest BCUT2D eigenvalue weighted by molar-refractivity contribution is 5.79. The second-order valence-corrected chi connectivity index (χ2v) is 4.86. The van der Waals surface area contributed by atoms with Crippen LogP contribution in [0.5, 0.6) is 0 Å². The Morgan fingerprint density at radius 1 is 1.33 bits per heavy atom. The van der Waals surface area contributed by atoms with Crippen LogP contribution in [0.15, 0.2) is 18.2 Å². The molecule has 1 aromatic carbocycles. The third kappa shape index (κ3) is 2.81. The number of halogens is 3. The van der Waals surface area contributed by atoms with Crippen LogP contribution in [0.2, 0.25) is 0 Å². The number of fused-ring (bicyclic) bond motifs is 1. The van der Waals surface area contributed by atoms with E-state index in [1.807, 2.05) is 0 Å². The van der Waals surface area contributed by atoms with Crippen LogP contribution in [0.25, 0.3) is 11.0 Å². The molecule has 1 aliphatic heterocycles. The van der Waals surface area contributed by atoms with Gasteiger partial charge in [-0.2, -0.15) is 13.2 Å². The number of aromatic nitrogens is 2. The minimum absolute atomic E-state index is 0.0370. The molecule has 0 bridgehead atoms. The maximum atomic E-state index is 13.2. The van der Waals surface area contributed by atoms with E-state index < -0.39 is 18.1 Å². The Morgan fingerprint density at radius 2 is 2.14 bits per heavy atom. The van der Waals surface area contributed by atoms with Gasteiger partial charge in [-0.05, 0) is 18.2 Å². The smallest absolute Gasteiger partial charge is 0.399 e. The van der Waals surface area contributed by atoms with Crippen LogP contribution in [0.3, 0.4) is 0 Å². The molecule has 114 valence electrons. The Labute approximate surface area is 118 Å². The fourth-order valence-electron chi connectivity index (χ4n) is 2.39. The molecule has 2 heterocycles. The first-order valence-electron chi connectivity index (χ1n) is 6.47. The lowest BCUT2D eigenvalue weighted by Gasteiger charge is -2.24. The van der Waals surface area contributed by atoms with E-state index >= 15 is 0 Å². The zero-order valence-corrected chi connectivity index (χ0v) is 11.1. The molecule has 0 radical (unpaired) electrons. The Bertz CT molecular complexity index is 648. The maximum Gasteiger partial charge on any atom is 0.449 e. The van der Waals surface area contributed by atoms with Crippen LogP contribution in [0.4, 0.5) is 18.9 Å². The monoisotopic (exact) mass is 301 g/mol. The van der Waals surface area contributed by atoms with Crippen LogP contribution < -0.4 is 5.73 Å². The molecular formula is C13H14F3N3O2. The van der Waals surface area contributed by atoms with E-state index in [-0.39, 0.29) is 18.7 Å². The topological polar surface area (TPSA) is 62.3 Å². The van der Waals surface area contributed by atoms with Gasteiger partial charge in [0.05, 0.1) is 43.5 Å². The molecule has 2 aromatic rings. The summed E-state index contributed by atoms with van der Waals surface area (Å²) in [6.45, 7) is 1.15. The number of benzene rings is 1. The third-order valence-corrected chi connectivity index (χ3v) is 3.30. The number of hydrogen-bond donors (Lipinski definition) is 1. The molecule has 0 amide bonds. The zero-order valence-electron chi connectivity index (χ0n) is 11.1. The van der Waals surface area contributed by atoms with E-state index in [0.717, 1.165) is 4.57 Å². The summed E-state index contributed by atoms with van der Waals surface area (Å²) in [5.74, 6) is -0.947.